The van der Waals surface area contributed by atoms with Gasteiger partial charge < -0.3 is 25.2 Å². The summed E-state index contributed by atoms with van der Waals surface area (Å²) in [5, 5.41) is 36.3. The molecule has 0 fully saturated rings. The standard InChI is InChI=1S/C7H11O8P/c8-3-5(10)7(12)6(11)4(9)1-2-15-16(13)14/h1-7,9-12H/p+1/b2-1-/t4-,5+,6-,7-/m1/s1. The summed E-state index contributed by atoms with van der Waals surface area (Å²) in [5.74, 6) is 0. The normalized spacial score (nSPS) is 19.9. The summed E-state index contributed by atoms with van der Waals surface area (Å²) < 4.78 is 14.1. The second kappa shape index (κ2) is 7.39. The van der Waals surface area contributed by atoms with E-state index >= 15 is 0 Å². The Kier molecular flexibility index (Phi) is 6.98. The first-order chi connectivity index (χ1) is 7.40. The lowest BCUT2D eigenvalue weighted by molar-refractivity contribution is -0.130. The molecule has 0 aliphatic heterocycles. The Bertz CT molecular complexity index is 267. The summed E-state index contributed by atoms with van der Waals surface area (Å²) >= 11 is 0. The maximum absolute atomic E-state index is 10.1. The van der Waals surface area contributed by atoms with Gasteiger partial charge in [0.2, 0.25) is 0 Å². The summed E-state index contributed by atoms with van der Waals surface area (Å²) in [5.41, 5.74) is 0. The van der Waals surface area contributed by atoms with Crippen LogP contribution in [0.3, 0.4) is 0 Å². The van der Waals surface area contributed by atoms with Gasteiger partial charge >= 0.3 is 8.25 Å². The Balaban J connectivity index is 4.26. The Labute approximate surface area is 91.4 Å². The Morgan fingerprint density at radius 1 is 1.06 bits per heavy atom. The Hall–Kier alpha value is -0.890. The second-order valence-electron chi connectivity index (χ2n) is 2.77. The first-order valence-electron chi connectivity index (χ1n) is 4.07. The van der Waals surface area contributed by atoms with Crippen molar-refractivity contribution in [1.82, 2.24) is 0 Å². The Morgan fingerprint density at radius 3 is 2.00 bits per heavy atom. The molecule has 0 bridgehead atoms. The number of hydrogen-bond donors (Lipinski definition) is 5. The lowest BCUT2D eigenvalue weighted by Crippen LogP contribution is -2.44. The van der Waals surface area contributed by atoms with Crippen LogP contribution in [0.1, 0.15) is 0 Å². The molecular weight excluding hydrogens is 243 g/mol. The largest absolute Gasteiger partial charge is 0.746 e. The SMILES string of the molecule is O=C[C@H](O)[C@@H](O)[C@H](O)[C@H](O)/C=C\O[P+](=O)O. The molecule has 9 heteroatoms. The van der Waals surface area contributed by atoms with E-state index in [2.05, 4.69) is 4.52 Å². The number of carbonyl (C=O) groups is 1. The van der Waals surface area contributed by atoms with Crippen molar-refractivity contribution in [3.63, 3.8) is 0 Å². The van der Waals surface area contributed by atoms with Gasteiger partial charge in [-0.05, 0) is 6.08 Å². The van der Waals surface area contributed by atoms with E-state index in [-0.39, 0.29) is 6.29 Å². The first-order valence-corrected chi connectivity index (χ1v) is 5.20. The van der Waals surface area contributed by atoms with Crippen LogP contribution in [0, 0.1) is 0 Å². The van der Waals surface area contributed by atoms with Gasteiger partial charge in [0.05, 0.1) is 0 Å². The molecule has 1 unspecified atom stereocenters. The van der Waals surface area contributed by atoms with Crippen molar-refractivity contribution >= 4 is 14.5 Å². The third kappa shape index (κ3) is 5.26. The molecule has 0 aromatic carbocycles. The van der Waals surface area contributed by atoms with E-state index in [4.69, 9.17) is 20.2 Å². The molecule has 0 amide bonds. The van der Waals surface area contributed by atoms with Crippen molar-refractivity contribution in [2.24, 2.45) is 0 Å². The van der Waals surface area contributed by atoms with Crippen LogP contribution in [0.15, 0.2) is 12.3 Å². The zero-order chi connectivity index (χ0) is 12.7. The van der Waals surface area contributed by atoms with E-state index < -0.39 is 32.7 Å². The van der Waals surface area contributed by atoms with Gasteiger partial charge in [-0.3, -0.25) is 0 Å². The molecule has 0 heterocycles. The summed E-state index contributed by atoms with van der Waals surface area (Å²) in [6.45, 7) is 0. The lowest BCUT2D eigenvalue weighted by Gasteiger charge is -2.21. The monoisotopic (exact) mass is 255 g/mol. The van der Waals surface area contributed by atoms with Crippen molar-refractivity contribution < 1.29 is 39.2 Å². The third-order valence-corrected chi connectivity index (χ3v) is 1.92. The smallest absolute Gasteiger partial charge is 0.387 e. The molecule has 0 aromatic rings. The number of aliphatic hydroxyl groups is 4. The van der Waals surface area contributed by atoms with Gasteiger partial charge in [-0.1, -0.05) is 0 Å². The molecule has 0 aliphatic rings. The molecule has 16 heavy (non-hydrogen) atoms. The van der Waals surface area contributed by atoms with Gasteiger partial charge in [-0.15, -0.1) is 4.89 Å². The van der Waals surface area contributed by atoms with Gasteiger partial charge in [-0.25, -0.2) is 4.52 Å². The fraction of sp³-hybridized carbons (Fsp3) is 0.571. The molecule has 0 aliphatic carbocycles. The molecule has 8 nitrogen and oxygen atoms in total. The lowest BCUT2D eigenvalue weighted by atomic mass is 10.0. The second-order valence-corrected chi connectivity index (χ2v) is 3.46. The topological polar surface area (TPSA) is 145 Å². The van der Waals surface area contributed by atoms with Crippen molar-refractivity contribution in [1.29, 1.82) is 0 Å². The molecule has 0 rings (SSSR count). The van der Waals surface area contributed by atoms with Crippen molar-refractivity contribution in [2.45, 2.75) is 24.4 Å². The van der Waals surface area contributed by atoms with E-state index in [1.54, 1.807) is 0 Å². The summed E-state index contributed by atoms with van der Waals surface area (Å²) in [7, 11) is -2.88. The number of hydrogen-bond acceptors (Lipinski definition) is 7. The summed E-state index contributed by atoms with van der Waals surface area (Å²) in [4.78, 5) is 18.3. The van der Waals surface area contributed by atoms with Crippen LogP contribution in [-0.2, 0) is 13.9 Å². The molecule has 5 atom stereocenters. The first kappa shape index (κ1) is 15.1. The van der Waals surface area contributed by atoms with Gasteiger partial charge in [0.15, 0.2) is 12.5 Å². The van der Waals surface area contributed by atoms with Gasteiger partial charge in [0, 0.05) is 4.57 Å². The summed E-state index contributed by atoms with van der Waals surface area (Å²) in [6.07, 6.45) is -5.81. The van der Waals surface area contributed by atoms with Gasteiger partial charge in [0.25, 0.3) is 0 Å². The molecular formula is C7H12O8P+. The van der Waals surface area contributed by atoms with Crippen LogP contribution < -0.4 is 0 Å². The highest BCUT2D eigenvalue weighted by atomic mass is 31.1. The van der Waals surface area contributed by atoms with Crippen LogP contribution in [0.4, 0.5) is 0 Å². The number of aliphatic hydroxyl groups excluding tert-OH is 4. The summed E-state index contributed by atoms with van der Waals surface area (Å²) in [6, 6.07) is 0. The molecule has 0 spiro atoms. The number of aldehydes is 1. The zero-order valence-corrected chi connectivity index (χ0v) is 8.84. The van der Waals surface area contributed by atoms with Crippen LogP contribution in [0.5, 0.6) is 0 Å². The zero-order valence-electron chi connectivity index (χ0n) is 7.95. The average molecular weight is 255 g/mol. The van der Waals surface area contributed by atoms with E-state index in [0.717, 1.165) is 6.08 Å². The number of carbonyl (C=O) groups excluding carboxylic acids is 1. The third-order valence-electron chi connectivity index (χ3n) is 1.62. The Morgan fingerprint density at radius 2 is 1.56 bits per heavy atom. The van der Waals surface area contributed by atoms with E-state index in [9.17, 15) is 14.5 Å². The molecule has 0 aromatic heterocycles. The molecule has 0 saturated heterocycles. The molecule has 92 valence electrons. The van der Waals surface area contributed by atoms with Gasteiger partial charge in [0.1, 0.15) is 24.4 Å². The quantitative estimate of drug-likeness (QED) is 0.196. The highest BCUT2D eigenvalue weighted by Gasteiger charge is 2.29. The fourth-order valence-electron chi connectivity index (χ4n) is 0.766. The molecule has 0 radical (unpaired) electrons. The highest BCUT2D eigenvalue weighted by molar-refractivity contribution is 7.32. The van der Waals surface area contributed by atoms with Crippen LogP contribution in [0.2, 0.25) is 0 Å². The molecule has 0 saturated carbocycles. The molecule has 5 N–H and O–H groups in total. The minimum Gasteiger partial charge on any atom is -0.387 e. The highest BCUT2D eigenvalue weighted by Crippen LogP contribution is 2.15. The predicted octanol–water partition coefficient (Wildman–Crippen LogP) is -2.19. The predicted molar refractivity (Wildman–Crippen MR) is 50.1 cm³/mol. The van der Waals surface area contributed by atoms with Crippen molar-refractivity contribution in [2.75, 3.05) is 0 Å². The van der Waals surface area contributed by atoms with Crippen LogP contribution in [-0.4, -0.2) is 56.0 Å². The average Bonchev–Trinajstić information content (AvgIpc) is 2.25. The van der Waals surface area contributed by atoms with E-state index in [1.807, 2.05) is 0 Å². The number of rotatable bonds is 7. The fourth-order valence-corrected chi connectivity index (χ4v) is 0.940. The maximum Gasteiger partial charge on any atom is 0.746 e. The maximum atomic E-state index is 10.1. The van der Waals surface area contributed by atoms with E-state index in [1.165, 1.54) is 0 Å². The van der Waals surface area contributed by atoms with Crippen molar-refractivity contribution in [3.8, 4) is 0 Å². The van der Waals surface area contributed by atoms with Gasteiger partial charge in [-0.2, -0.15) is 0 Å². The minimum atomic E-state index is -2.88. The van der Waals surface area contributed by atoms with Crippen LogP contribution in [0.25, 0.3) is 0 Å². The minimum absolute atomic E-state index is 0.00849. The van der Waals surface area contributed by atoms with Crippen molar-refractivity contribution in [3.05, 3.63) is 12.3 Å². The van der Waals surface area contributed by atoms with E-state index in [0.29, 0.717) is 6.26 Å². The van der Waals surface area contributed by atoms with Crippen LogP contribution >= 0.6 is 8.25 Å².